The van der Waals surface area contributed by atoms with E-state index in [0.717, 1.165) is 39.1 Å². The molecule has 4 heteroatoms. The van der Waals surface area contributed by atoms with Crippen LogP contribution in [0.3, 0.4) is 0 Å². The number of hydrogen-bond acceptors (Lipinski definition) is 3. The molecule has 98 valence electrons. The maximum absolute atomic E-state index is 12.1. The summed E-state index contributed by atoms with van der Waals surface area (Å²) >= 11 is 0. The van der Waals surface area contributed by atoms with Gasteiger partial charge in [-0.2, -0.15) is 0 Å². The molecule has 1 atom stereocenters. The lowest BCUT2D eigenvalue weighted by Gasteiger charge is -2.22. The molecule has 1 unspecified atom stereocenters. The Morgan fingerprint density at radius 2 is 2.29 bits per heavy atom. The van der Waals surface area contributed by atoms with Crippen LogP contribution in [0.5, 0.6) is 0 Å². The van der Waals surface area contributed by atoms with E-state index in [0.29, 0.717) is 11.3 Å². The van der Waals surface area contributed by atoms with Gasteiger partial charge in [-0.3, -0.25) is 10.1 Å². The van der Waals surface area contributed by atoms with Gasteiger partial charge in [0.2, 0.25) is 5.91 Å². The molecule has 2 rings (SSSR count). The van der Waals surface area contributed by atoms with Crippen molar-refractivity contribution in [3.63, 3.8) is 0 Å². The Labute approximate surface area is 104 Å². The summed E-state index contributed by atoms with van der Waals surface area (Å²) in [6.45, 7) is 4.59. The lowest BCUT2D eigenvalue weighted by Crippen LogP contribution is -2.35. The molecule has 1 heterocycles. The minimum absolute atomic E-state index is 0.0678. The first-order valence-electron chi connectivity index (χ1n) is 6.72. The molecule has 1 N–H and O–H groups in total. The molecule has 0 spiro atoms. The predicted octanol–water partition coefficient (Wildman–Crippen LogP) is 1.36. The Hall–Kier alpha value is -0.610. The third-order valence-corrected chi connectivity index (χ3v) is 4.04. The van der Waals surface area contributed by atoms with E-state index in [1.54, 1.807) is 7.11 Å². The molecular weight excluding hydrogens is 216 g/mol. The van der Waals surface area contributed by atoms with E-state index in [1.807, 2.05) is 4.90 Å². The van der Waals surface area contributed by atoms with Gasteiger partial charge in [0.1, 0.15) is 0 Å². The summed E-state index contributed by atoms with van der Waals surface area (Å²) in [6, 6.07) is 0.0678. The number of rotatable bonds is 7. The van der Waals surface area contributed by atoms with Gasteiger partial charge in [0.05, 0.1) is 12.7 Å². The van der Waals surface area contributed by atoms with E-state index < -0.39 is 0 Å². The molecule has 0 bridgehead atoms. The molecule has 1 amide bonds. The molecule has 0 aromatic carbocycles. The fourth-order valence-corrected chi connectivity index (χ4v) is 2.64. The largest absolute Gasteiger partial charge is 0.385 e. The van der Waals surface area contributed by atoms with Crippen LogP contribution in [0, 0.1) is 5.41 Å². The molecule has 1 aliphatic carbocycles. The number of carbonyl (C=O) groups is 1. The van der Waals surface area contributed by atoms with Gasteiger partial charge in [-0.05, 0) is 31.1 Å². The van der Waals surface area contributed by atoms with Gasteiger partial charge >= 0.3 is 0 Å². The second-order valence-electron chi connectivity index (χ2n) is 5.48. The second kappa shape index (κ2) is 5.36. The zero-order valence-electron chi connectivity index (χ0n) is 11.0. The quantitative estimate of drug-likeness (QED) is 0.730. The summed E-state index contributed by atoms with van der Waals surface area (Å²) < 4.78 is 5.15. The van der Waals surface area contributed by atoms with Crippen LogP contribution < -0.4 is 5.32 Å². The molecular formula is C13H24N2O2. The summed E-state index contributed by atoms with van der Waals surface area (Å²) in [6.07, 6.45) is 5.61. The number of hydrogen-bond donors (Lipinski definition) is 1. The topological polar surface area (TPSA) is 41.6 Å². The van der Waals surface area contributed by atoms with Crippen molar-refractivity contribution in [1.29, 1.82) is 0 Å². The van der Waals surface area contributed by atoms with Crippen molar-refractivity contribution in [2.24, 2.45) is 5.41 Å². The molecule has 4 nitrogen and oxygen atoms in total. The van der Waals surface area contributed by atoms with Gasteiger partial charge in [0, 0.05) is 20.3 Å². The number of ether oxygens (including phenoxy) is 1. The van der Waals surface area contributed by atoms with Gasteiger partial charge in [-0.25, -0.2) is 0 Å². The Morgan fingerprint density at radius 3 is 2.88 bits per heavy atom. The van der Waals surface area contributed by atoms with Crippen molar-refractivity contribution < 1.29 is 9.53 Å². The number of nitrogens with zero attached hydrogens (tertiary/aromatic N) is 1. The third-order valence-electron chi connectivity index (χ3n) is 4.04. The van der Waals surface area contributed by atoms with Crippen LogP contribution in [0.15, 0.2) is 0 Å². The summed E-state index contributed by atoms with van der Waals surface area (Å²) in [5.41, 5.74) is 0.369. The highest BCUT2D eigenvalue weighted by Gasteiger charge is 2.45. The summed E-state index contributed by atoms with van der Waals surface area (Å²) in [5.74, 6) is 0.301. The summed E-state index contributed by atoms with van der Waals surface area (Å²) in [4.78, 5) is 14.1. The van der Waals surface area contributed by atoms with E-state index in [4.69, 9.17) is 4.74 Å². The van der Waals surface area contributed by atoms with E-state index in [2.05, 4.69) is 12.2 Å². The van der Waals surface area contributed by atoms with Gasteiger partial charge in [-0.1, -0.05) is 13.3 Å². The predicted molar refractivity (Wildman–Crippen MR) is 66.6 cm³/mol. The highest BCUT2D eigenvalue weighted by atomic mass is 16.5. The fourth-order valence-electron chi connectivity index (χ4n) is 2.64. The first kappa shape index (κ1) is 12.8. The van der Waals surface area contributed by atoms with Crippen LogP contribution >= 0.6 is 0 Å². The molecule has 1 aliphatic heterocycles. The van der Waals surface area contributed by atoms with Crippen molar-refractivity contribution in [2.45, 2.75) is 45.1 Å². The Bertz CT molecular complexity index is 277. The minimum atomic E-state index is 0.0678. The summed E-state index contributed by atoms with van der Waals surface area (Å²) in [5, 5.41) is 3.31. The zero-order valence-corrected chi connectivity index (χ0v) is 11.0. The average molecular weight is 240 g/mol. The van der Waals surface area contributed by atoms with Crippen LogP contribution in [0.4, 0.5) is 0 Å². The normalized spacial score (nSPS) is 26.6. The van der Waals surface area contributed by atoms with E-state index in [-0.39, 0.29) is 6.04 Å². The maximum Gasteiger partial charge on any atom is 0.240 e. The molecule has 2 aliphatic rings. The van der Waals surface area contributed by atoms with Crippen LogP contribution in [0.1, 0.15) is 39.0 Å². The fraction of sp³-hybridized carbons (Fsp3) is 0.923. The van der Waals surface area contributed by atoms with Crippen LogP contribution in [0.25, 0.3) is 0 Å². The molecule has 1 saturated carbocycles. The van der Waals surface area contributed by atoms with Crippen molar-refractivity contribution >= 4 is 5.91 Å². The lowest BCUT2D eigenvalue weighted by atomic mass is 10.0. The number of nitrogens with one attached hydrogen (secondary N) is 1. The molecule has 0 radical (unpaired) electrons. The van der Waals surface area contributed by atoms with E-state index in [9.17, 15) is 4.79 Å². The standard InChI is InChI=1S/C13H24N2O2/c1-3-4-11-12(16)15(10-14-11)9-13(5-6-13)7-8-17-2/h11,14H,3-10H2,1-2H3. The Kier molecular flexibility index (Phi) is 4.05. The molecule has 2 fully saturated rings. The van der Waals surface area contributed by atoms with Gasteiger partial charge in [-0.15, -0.1) is 0 Å². The van der Waals surface area contributed by atoms with Crippen molar-refractivity contribution in [3.8, 4) is 0 Å². The first-order chi connectivity index (χ1) is 8.21. The second-order valence-corrected chi connectivity index (χ2v) is 5.48. The van der Waals surface area contributed by atoms with Crippen LogP contribution in [-0.2, 0) is 9.53 Å². The number of amides is 1. The molecule has 17 heavy (non-hydrogen) atoms. The number of methoxy groups -OCH3 is 1. The van der Waals surface area contributed by atoms with Gasteiger partial charge < -0.3 is 9.64 Å². The molecule has 0 aromatic heterocycles. The third kappa shape index (κ3) is 2.99. The zero-order chi connectivity index (χ0) is 12.3. The SMILES string of the molecule is CCCC1NCN(CC2(CCOC)CC2)C1=O. The number of carbonyl (C=O) groups excluding carboxylic acids is 1. The van der Waals surface area contributed by atoms with Gasteiger partial charge in [0.25, 0.3) is 0 Å². The Morgan fingerprint density at radius 1 is 1.53 bits per heavy atom. The van der Waals surface area contributed by atoms with E-state index in [1.165, 1.54) is 12.8 Å². The van der Waals surface area contributed by atoms with Crippen LogP contribution in [0.2, 0.25) is 0 Å². The molecule has 1 saturated heterocycles. The highest BCUT2D eigenvalue weighted by Crippen LogP contribution is 2.49. The molecule has 0 aromatic rings. The maximum atomic E-state index is 12.1. The lowest BCUT2D eigenvalue weighted by molar-refractivity contribution is -0.129. The minimum Gasteiger partial charge on any atom is -0.385 e. The average Bonchev–Trinajstić information content (AvgIpc) is 3.02. The van der Waals surface area contributed by atoms with Crippen molar-refractivity contribution in [3.05, 3.63) is 0 Å². The van der Waals surface area contributed by atoms with Crippen molar-refractivity contribution in [1.82, 2.24) is 10.2 Å². The summed E-state index contributed by atoms with van der Waals surface area (Å²) in [7, 11) is 1.75. The Balaban J connectivity index is 1.82. The monoisotopic (exact) mass is 240 g/mol. The smallest absolute Gasteiger partial charge is 0.240 e. The first-order valence-corrected chi connectivity index (χ1v) is 6.72. The van der Waals surface area contributed by atoms with E-state index >= 15 is 0 Å². The van der Waals surface area contributed by atoms with Gasteiger partial charge in [0.15, 0.2) is 0 Å². The van der Waals surface area contributed by atoms with Crippen LogP contribution in [-0.4, -0.2) is 43.8 Å². The highest BCUT2D eigenvalue weighted by molar-refractivity contribution is 5.83. The van der Waals surface area contributed by atoms with Crippen molar-refractivity contribution in [2.75, 3.05) is 26.9 Å².